The van der Waals surface area contributed by atoms with Gasteiger partial charge < -0.3 is 9.84 Å². The molecular formula is C25H16F2N2O4S. The number of ether oxygens (including phenoxy) is 1. The van der Waals surface area contributed by atoms with E-state index in [4.69, 9.17) is 4.74 Å². The van der Waals surface area contributed by atoms with Crippen LogP contribution in [0.25, 0.3) is 16.0 Å². The van der Waals surface area contributed by atoms with Crippen molar-refractivity contribution < 1.29 is 28.2 Å². The summed E-state index contributed by atoms with van der Waals surface area (Å²) in [5.74, 6) is -3.15. The normalized spacial score (nSPS) is 17.5. The van der Waals surface area contributed by atoms with Gasteiger partial charge in [-0.2, -0.15) is 0 Å². The van der Waals surface area contributed by atoms with Crippen LogP contribution in [0, 0.1) is 11.6 Å². The van der Waals surface area contributed by atoms with Gasteiger partial charge in [0.25, 0.3) is 5.78 Å². The Balaban J connectivity index is 1.75. The number of carbonyl (C=O) groups is 2. The first-order valence-electron chi connectivity index (χ1n) is 10.1. The number of carbonyl (C=O) groups excluding carboxylic acids is 2. The monoisotopic (exact) mass is 478 g/mol. The Morgan fingerprint density at radius 3 is 2.62 bits per heavy atom. The van der Waals surface area contributed by atoms with Crippen LogP contribution < -0.4 is 9.64 Å². The minimum absolute atomic E-state index is 0.0107. The standard InChI is InChI=1S/C25H16F2N2O4S/c1-33-15-6-4-5-13(11-15)22(30)20-21(16-7-2-3-8-17(16)27)29(24(32)23(20)31)25-28-18-10-9-14(26)12-19(18)34-25/h2-12,21,30H,1H3/b22-20+. The van der Waals surface area contributed by atoms with Crippen LogP contribution in [0.15, 0.2) is 72.3 Å². The average Bonchev–Trinajstić information content (AvgIpc) is 3.36. The maximum atomic E-state index is 15.0. The van der Waals surface area contributed by atoms with Gasteiger partial charge in [0.15, 0.2) is 5.13 Å². The molecule has 0 aliphatic carbocycles. The minimum Gasteiger partial charge on any atom is -0.507 e. The quantitative estimate of drug-likeness (QED) is 0.248. The van der Waals surface area contributed by atoms with Crippen molar-refractivity contribution in [1.29, 1.82) is 0 Å². The Hall–Kier alpha value is -4.11. The van der Waals surface area contributed by atoms with Crippen LogP contribution >= 0.6 is 11.3 Å². The number of aliphatic hydroxyl groups is 1. The van der Waals surface area contributed by atoms with Crippen molar-refractivity contribution in [3.05, 3.63) is 95.1 Å². The van der Waals surface area contributed by atoms with Crippen molar-refractivity contribution in [2.45, 2.75) is 6.04 Å². The number of rotatable bonds is 4. The fourth-order valence-electron chi connectivity index (χ4n) is 3.94. The van der Waals surface area contributed by atoms with E-state index >= 15 is 0 Å². The molecule has 2 heterocycles. The Morgan fingerprint density at radius 2 is 1.85 bits per heavy atom. The van der Waals surface area contributed by atoms with Crippen LogP contribution in [0.3, 0.4) is 0 Å². The number of methoxy groups -OCH3 is 1. The van der Waals surface area contributed by atoms with E-state index in [1.807, 2.05) is 0 Å². The molecule has 0 saturated carbocycles. The molecule has 3 aromatic carbocycles. The molecule has 1 atom stereocenters. The van der Waals surface area contributed by atoms with Gasteiger partial charge >= 0.3 is 5.91 Å². The van der Waals surface area contributed by atoms with Gasteiger partial charge in [-0.05, 0) is 36.4 Å². The highest BCUT2D eigenvalue weighted by Crippen LogP contribution is 2.45. The van der Waals surface area contributed by atoms with Crippen molar-refractivity contribution in [3.8, 4) is 5.75 Å². The smallest absolute Gasteiger partial charge is 0.301 e. The van der Waals surface area contributed by atoms with Gasteiger partial charge in [0.2, 0.25) is 0 Å². The number of hydrogen-bond donors (Lipinski definition) is 1. The number of ketones is 1. The number of aliphatic hydroxyl groups excluding tert-OH is 1. The van der Waals surface area contributed by atoms with Crippen LogP contribution in [0.5, 0.6) is 5.75 Å². The molecule has 34 heavy (non-hydrogen) atoms. The summed E-state index contributed by atoms with van der Waals surface area (Å²) in [7, 11) is 1.45. The molecule has 1 saturated heterocycles. The highest BCUT2D eigenvalue weighted by molar-refractivity contribution is 7.22. The van der Waals surface area contributed by atoms with Crippen molar-refractivity contribution in [3.63, 3.8) is 0 Å². The molecule has 5 rings (SSSR count). The van der Waals surface area contributed by atoms with E-state index in [2.05, 4.69) is 4.98 Å². The zero-order chi connectivity index (χ0) is 24.0. The maximum absolute atomic E-state index is 15.0. The van der Waals surface area contributed by atoms with E-state index in [-0.39, 0.29) is 21.8 Å². The van der Waals surface area contributed by atoms with Crippen molar-refractivity contribution in [2.24, 2.45) is 0 Å². The molecule has 170 valence electrons. The highest BCUT2D eigenvalue weighted by Gasteiger charge is 2.49. The largest absolute Gasteiger partial charge is 0.507 e. The Kier molecular flexibility index (Phi) is 5.33. The van der Waals surface area contributed by atoms with Gasteiger partial charge in [-0.25, -0.2) is 13.8 Å². The topological polar surface area (TPSA) is 79.7 Å². The number of hydrogen-bond acceptors (Lipinski definition) is 6. The molecule has 1 fully saturated rings. The molecule has 1 aliphatic heterocycles. The third-order valence-electron chi connectivity index (χ3n) is 5.53. The van der Waals surface area contributed by atoms with E-state index in [1.165, 1.54) is 49.6 Å². The summed E-state index contributed by atoms with van der Waals surface area (Å²) < 4.78 is 34.3. The lowest BCUT2D eigenvalue weighted by Crippen LogP contribution is -2.29. The molecule has 6 nitrogen and oxygen atoms in total. The molecule has 0 bridgehead atoms. The lowest BCUT2D eigenvalue weighted by molar-refractivity contribution is -0.132. The minimum atomic E-state index is -1.28. The molecule has 9 heteroatoms. The molecule has 1 unspecified atom stereocenters. The lowest BCUT2D eigenvalue weighted by atomic mass is 9.95. The van der Waals surface area contributed by atoms with E-state index in [0.717, 1.165) is 16.2 Å². The maximum Gasteiger partial charge on any atom is 0.301 e. The number of thiazole rings is 1. The summed E-state index contributed by atoms with van der Waals surface area (Å²) in [6.07, 6.45) is 0. The SMILES string of the molecule is COc1cccc(/C(O)=C2\C(=O)C(=O)N(c3nc4ccc(F)cc4s3)C2c2ccccc2F)c1. The molecule has 1 amide bonds. The van der Waals surface area contributed by atoms with E-state index in [1.54, 1.807) is 24.3 Å². The second-order valence-corrected chi connectivity index (χ2v) is 8.54. The van der Waals surface area contributed by atoms with E-state index < -0.39 is 35.1 Å². The summed E-state index contributed by atoms with van der Waals surface area (Å²) in [5, 5.41) is 11.2. The Bertz CT molecular complexity index is 1500. The number of Topliss-reactive ketones (excluding diaryl/α,β-unsaturated/α-hetero) is 1. The number of amides is 1. The number of aromatic nitrogens is 1. The van der Waals surface area contributed by atoms with Gasteiger partial charge in [0.1, 0.15) is 29.2 Å². The van der Waals surface area contributed by atoms with Gasteiger partial charge in [0.05, 0.1) is 22.9 Å². The van der Waals surface area contributed by atoms with Gasteiger partial charge in [-0.3, -0.25) is 14.5 Å². The highest BCUT2D eigenvalue weighted by atomic mass is 32.1. The predicted molar refractivity (Wildman–Crippen MR) is 124 cm³/mol. The van der Waals surface area contributed by atoms with Crippen LogP contribution in [0.4, 0.5) is 13.9 Å². The second kappa shape index (κ2) is 8.35. The number of halogens is 2. The summed E-state index contributed by atoms with van der Waals surface area (Å²) in [6.45, 7) is 0. The van der Waals surface area contributed by atoms with Gasteiger partial charge in [-0.1, -0.05) is 41.7 Å². The van der Waals surface area contributed by atoms with Crippen LogP contribution in [0.2, 0.25) is 0 Å². The number of nitrogens with zero attached hydrogens (tertiary/aromatic N) is 2. The second-order valence-electron chi connectivity index (χ2n) is 7.53. The van der Waals surface area contributed by atoms with E-state index in [9.17, 15) is 23.5 Å². The third-order valence-corrected chi connectivity index (χ3v) is 6.55. The van der Waals surface area contributed by atoms with Crippen LogP contribution in [0.1, 0.15) is 17.2 Å². The Morgan fingerprint density at radius 1 is 1.06 bits per heavy atom. The zero-order valence-corrected chi connectivity index (χ0v) is 18.5. The third kappa shape index (κ3) is 3.50. The fourth-order valence-corrected chi connectivity index (χ4v) is 4.95. The molecule has 1 aliphatic rings. The summed E-state index contributed by atoms with van der Waals surface area (Å²) in [6, 6.07) is 14.7. The van der Waals surface area contributed by atoms with Crippen molar-refractivity contribution >= 4 is 44.1 Å². The fraction of sp³-hybridized carbons (Fsp3) is 0.0800. The molecule has 1 aromatic heterocycles. The first-order valence-corrected chi connectivity index (χ1v) is 11.0. The van der Waals surface area contributed by atoms with Gasteiger partial charge in [-0.15, -0.1) is 0 Å². The van der Waals surface area contributed by atoms with Crippen LogP contribution in [-0.2, 0) is 9.59 Å². The Labute approximate surface area is 196 Å². The zero-order valence-electron chi connectivity index (χ0n) is 17.7. The van der Waals surface area contributed by atoms with Crippen molar-refractivity contribution in [1.82, 2.24) is 4.98 Å². The summed E-state index contributed by atoms with van der Waals surface area (Å²) in [4.78, 5) is 31.8. The summed E-state index contributed by atoms with van der Waals surface area (Å²) >= 11 is 0.989. The average molecular weight is 478 g/mol. The number of benzene rings is 3. The summed E-state index contributed by atoms with van der Waals surface area (Å²) in [5.41, 5.74) is 0.374. The van der Waals surface area contributed by atoms with E-state index in [0.29, 0.717) is 16.0 Å². The van der Waals surface area contributed by atoms with Gasteiger partial charge in [0, 0.05) is 11.1 Å². The predicted octanol–water partition coefficient (Wildman–Crippen LogP) is 5.21. The molecular weight excluding hydrogens is 462 g/mol. The van der Waals surface area contributed by atoms with Crippen molar-refractivity contribution in [2.75, 3.05) is 12.0 Å². The first-order chi connectivity index (χ1) is 16.4. The lowest BCUT2D eigenvalue weighted by Gasteiger charge is -2.23. The molecule has 1 N–H and O–H groups in total. The number of fused-ring (bicyclic) bond motifs is 1. The molecule has 0 radical (unpaired) electrons. The molecule has 4 aromatic rings. The molecule has 0 spiro atoms. The number of anilines is 1. The first kappa shape index (κ1) is 21.7. The van der Waals surface area contributed by atoms with Crippen LogP contribution in [-0.4, -0.2) is 28.9 Å².